The van der Waals surface area contributed by atoms with Crippen molar-refractivity contribution in [3.05, 3.63) is 0 Å². The second-order valence-corrected chi connectivity index (χ2v) is 6.23. The zero-order chi connectivity index (χ0) is 13.5. The third kappa shape index (κ3) is 5.68. The maximum Gasteiger partial charge on any atom is 0.0589 e. The Morgan fingerprint density at radius 1 is 1.17 bits per heavy atom. The van der Waals surface area contributed by atoms with Gasteiger partial charge in [-0.2, -0.15) is 0 Å². The lowest BCUT2D eigenvalue weighted by Crippen LogP contribution is -2.44. The Morgan fingerprint density at radius 2 is 1.83 bits per heavy atom. The summed E-state index contributed by atoms with van der Waals surface area (Å²) < 4.78 is 5.24. The molecule has 0 amide bonds. The van der Waals surface area contributed by atoms with Crippen LogP contribution in [0.5, 0.6) is 0 Å². The molecule has 1 aliphatic carbocycles. The third-order valence-corrected chi connectivity index (χ3v) is 3.94. The fourth-order valence-electron chi connectivity index (χ4n) is 2.42. The van der Waals surface area contributed by atoms with E-state index in [9.17, 15) is 0 Å². The summed E-state index contributed by atoms with van der Waals surface area (Å²) in [4.78, 5) is 2.64. The molecule has 0 aliphatic heterocycles. The summed E-state index contributed by atoms with van der Waals surface area (Å²) in [6.07, 6.45) is 2.75. The van der Waals surface area contributed by atoms with Crippen molar-refractivity contribution in [3.8, 4) is 0 Å². The minimum absolute atomic E-state index is 0.646. The zero-order valence-corrected chi connectivity index (χ0v) is 12.9. The third-order valence-electron chi connectivity index (χ3n) is 3.94. The SMILES string of the molecule is COCCN(C1CC1)C(C)C(C)CNCC(C)C. The van der Waals surface area contributed by atoms with Crippen LogP contribution >= 0.6 is 0 Å². The van der Waals surface area contributed by atoms with Gasteiger partial charge in [-0.05, 0) is 44.7 Å². The molecule has 2 unspecified atom stereocenters. The Bertz CT molecular complexity index is 217. The molecule has 1 rings (SSSR count). The first-order valence-corrected chi connectivity index (χ1v) is 7.51. The van der Waals surface area contributed by atoms with Gasteiger partial charge in [0.25, 0.3) is 0 Å². The summed E-state index contributed by atoms with van der Waals surface area (Å²) in [7, 11) is 1.80. The van der Waals surface area contributed by atoms with E-state index in [2.05, 4.69) is 37.9 Å². The first-order chi connectivity index (χ1) is 8.56. The second-order valence-electron chi connectivity index (χ2n) is 6.23. The van der Waals surface area contributed by atoms with Gasteiger partial charge in [-0.25, -0.2) is 0 Å². The van der Waals surface area contributed by atoms with Crippen molar-refractivity contribution in [1.29, 1.82) is 0 Å². The number of ether oxygens (including phenoxy) is 1. The molecular weight excluding hydrogens is 224 g/mol. The van der Waals surface area contributed by atoms with Crippen LogP contribution in [0.4, 0.5) is 0 Å². The highest BCUT2D eigenvalue weighted by atomic mass is 16.5. The Kier molecular flexibility index (Phi) is 7.20. The highest BCUT2D eigenvalue weighted by Gasteiger charge is 2.33. The van der Waals surface area contributed by atoms with Crippen LogP contribution in [0.1, 0.15) is 40.5 Å². The molecule has 1 aliphatic rings. The fourth-order valence-corrected chi connectivity index (χ4v) is 2.42. The number of rotatable bonds is 10. The van der Waals surface area contributed by atoms with Crippen LogP contribution in [-0.4, -0.2) is 50.3 Å². The van der Waals surface area contributed by atoms with Gasteiger partial charge >= 0.3 is 0 Å². The number of hydrogen-bond donors (Lipinski definition) is 1. The van der Waals surface area contributed by atoms with E-state index in [1.54, 1.807) is 7.11 Å². The smallest absolute Gasteiger partial charge is 0.0589 e. The van der Waals surface area contributed by atoms with Crippen molar-refractivity contribution in [2.75, 3.05) is 33.4 Å². The van der Waals surface area contributed by atoms with Crippen LogP contribution in [-0.2, 0) is 4.74 Å². The average molecular weight is 256 g/mol. The summed E-state index contributed by atoms with van der Waals surface area (Å²) in [6, 6.07) is 1.47. The highest BCUT2D eigenvalue weighted by molar-refractivity contribution is 4.89. The molecule has 18 heavy (non-hydrogen) atoms. The Labute approximate surface area is 113 Å². The normalized spacial score (nSPS) is 19.5. The fraction of sp³-hybridized carbons (Fsp3) is 1.00. The number of nitrogens with one attached hydrogen (secondary N) is 1. The molecule has 0 saturated heterocycles. The van der Waals surface area contributed by atoms with Gasteiger partial charge in [0.05, 0.1) is 6.61 Å². The average Bonchev–Trinajstić information content (AvgIpc) is 3.13. The van der Waals surface area contributed by atoms with Crippen LogP contribution in [0.2, 0.25) is 0 Å². The topological polar surface area (TPSA) is 24.5 Å². The number of hydrogen-bond acceptors (Lipinski definition) is 3. The molecule has 0 radical (unpaired) electrons. The summed E-state index contributed by atoms with van der Waals surface area (Å²) in [6.45, 7) is 13.4. The molecular formula is C15H32N2O. The van der Waals surface area contributed by atoms with Crippen LogP contribution in [0.15, 0.2) is 0 Å². The molecule has 2 atom stereocenters. The van der Waals surface area contributed by atoms with Crippen molar-refractivity contribution in [1.82, 2.24) is 10.2 Å². The van der Waals surface area contributed by atoms with Crippen LogP contribution in [0, 0.1) is 11.8 Å². The van der Waals surface area contributed by atoms with Gasteiger partial charge in [-0.3, -0.25) is 4.90 Å². The molecule has 0 bridgehead atoms. The maximum absolute atomic E-state index is 5.24. The first kappa shape index (κ1) is 15.9. The van der Waals surface area contributed by atoms with Crippen molar-refractivity contribution in [2.24, 2.45) is 11.8 Å². The largest absolute Gasteiger partial charge is 0.383 e. The molecule has 0 heterocycles. The van der Waals surface area contributed by atoms with Crippen LogP contribution in [0.3, 0.4) is 0 Å². The predicted molar refractivity (Wildman–Crippen MR) is 77.9 cm³/mol. The van der Waals surface area contributed by atoms with Gasteiger partial charge in [0.15, 0.2) is 0 Å². The molecule has 0 aromatic carbocycles. The van der Waals surface area contributed by atoms with E-state index in [4.69, 9.17) is 4.74 Å². The van der Waals surface area contributed by atoms with E-state index >= 15 is 0 Å². The Hall–Kier alpha value is -0.120. The first-order valence-electron chi connectivity index (χ1n) is 7.51. The monoisotopic (exact) mass is 256 g/mol. The van der Waals surface area contributed by atoms with E-state index in [0.717, 1.165) is 38.2 Å². The second kappa shape index (κ2) is 8.13. The van der Waals surface area contributed by atoms with Gasteiger partial charge in [0.1, 0.15) is 0 Å². The minimum Gasteiger partial charge on any atom is -0.383 e. The Morgan fingerprint density at radius 3 is 2.33 bits per heavy atom. The standard InChI is InChI=1S/C15H32N2O/c1-12(2)10-16-11-13(3)14(4)17(8-9-18-5)15-6-7-15/h12-16H,6-11H2,1-5H3. The van der Waals surface area contributed by atoms with E-state index in [1.807, 2.05) is 0 Å². The van der Waals surface area contributed by atoms with E-state index in [0.29, 0.717) is 12.0 Å². The molecule has 1 saturated carbocycles. The predicted octanol–water partition coefficient (Wildman–Crippen LogP) is 2.37. The quantitative estimate of drug-likeness (QED) is 0.649. The van der Waals surface area contributed by atoms with Gasteiger partial charge in [0, 0.05) is 25.7 Å². The molecule has 0 aromatic rings. The summed E-state index contributed by atoms with van der Waals surface area (Å²) in [5.74, 6) is 1.43. The maximum atomic E-state index is 5.24. The molecule has 108 valence electrons. The van der Waals surface area contributed by atoms with Gasteiger partial charge < -0.3 is 10.1 Å². The van der Waals surface area contributed by atoms with E-state index < -0.39 is 0 Å². The lowest BCUT2D eigenvalue weighted by Gasteiger charge is -2.33. The highest BCUT2D eigenvalue weighted by Crippen LogP contribution is 2.30. The van der Waals surface area contributed by atoms with Crippen molar-refractivity contribution in [2.45, 2.75) is 52.6 Å². The van der Waals surface area contributed by atoms with Gasteiger partial charge in [-0.15, -0.1) is 0 Å². The van der Waals surface area contributed by atoms with Crippen LogP contribution < -0.4 is 5.32 Å². The summed E-state index contributed by atoms with van der Waals surface area (Å²) in [5.41, 5.74) is 0. The van der Waals surface area contributed by atoms with Crippen molar-refractivity contribution < 1.29 is 4.74 Å². The number of methoxy groups -OCH3 is 1. The molecule has 1 N–H and O–H groups in total. The van der Waals surface area contributed by atoms with Crippen molar-refractivity contribution >= 4 is 0 Å². The lowest BCUT2D eigenvalue weighted by atomic mass is 10.0. The lowest BCUT2D eigenvalue weighted by molar-refractivity contribution is 0.0974. The summed E-state index contributed by atoms with van der Waals surface area (Å²) in [5, 5.41) is 3.58. The van der Waals surface area contributed by atoms with Gasteiger partial charge in [0.2, 0.25) is 0 Å². The summed E-state index contributed by atoms with van der Waals surface area (Å²) >= 11 is 0. The molecule has 3 heteroatoms. The molecule has 1 fully saturated rings. The number of nitrogens with zero attached hydrogens (tertiary/aromatic N) is 1. The Balaban J connectivity index is 2.31. The molecule has 0 spiro atoms. The van der Waals surface area contributed by atoms with E-state index in [-0.39, 0.29) is 0 Å². The minimum atomic E-state index is 0.646. The van der Waals surface area contributed by atoms with Gasteiger partial charge in [-0.1, -0.05) is 20.8 Å². The zero-order valence-electron chi connectivity index (χ0n) is 12.9. The van der Waals surface area contributed by atoms with Crippen LogP contribution in [0.25, 0.3) is 0 Å². The van der Waals surface area contributed by atoms with Crippen molar-refractivity contribution in [3.63, 3.8) is 0 Å². The van der Waals surface area contributed by atoms with E-state index in [1.165, 1.54) is 12.8 Å². The molecule has 0 aromatic heterocycles. The molecule has 3 nitrogen and oxygen atoms in total.